The van der Waals surface area contributed by atoms with Gasteiger partial charge in [0, 0.05) is 0 Å². The fourth-order valence-electron chi connectivity index (χ4n) is 0.433. The Bertz CT molecular complexity index is 54.5. The first-order valence-corrected chi connectivity index (χ1v) is 6.73. The van der Waals surface area contributed by atoms with Gasteiger partial charge in [0.05, 0.1) is 0 Å². The third-order valence-corrected chi connectivity index (χ3v) is 2.37. The fraction of sp³-hybridized carbons (Fsp3) is 1.00. The molecule has 0 heterocycles. The predicted molar refractivity (Wildman–Crippen MR) is 58.9 cm³/mol. The van der Waals surface area contributed by atoms with E-state index in [0.717, 1.165) is 13.2 Å². The van der Waals surface area contributed by atoms with E-state index in [1.165, 1.54) is 71.6 Å². The van der Waals surface area contributed by atoms with Gasteiger partial charge in [0.1, 0.15) is 0 Å². The third-order valence-electron chi connectivity index (χ3n) is 1.20. The molecule has 0 amide bonds. The molecule has 0 saturated carbocycles. The molecule has 0 aromatic heterocycles. The van der Waals surface area contributed by atoms with Crippen molar-refractivity contribution in [2.75, 3.05) is 13.2 Å². The standard InChI is InChI=1S/2C4H9O.H2O.3O.2Sn/c2*1-2-3-4-5;;;;;;/h2*2-4H2,1H3;1H2;;;;;/q2*-1;;3*-2;2*+4. The number of hydrogen-bond acceptors (Lipinski definition) is 2. The van der Waals surface area contributed by atoms with Crippen molar-refractivity contribution in [3.63, 3.8) is 0 Å². The van der Waals surface area contributed by atoms with E-state index >= 15 is 0 Å². The molecule has 6 nitrogen and oxygen atoms in total. The smallest absolute Gasteiger partial charge is 0.412 e. The third kappa shape index (κ3) is 58.5. The summed E-state index contributed by atoms with van der Waals surface area (Å²) in [6.07, 6.45) is 4.92. The quantitative estimate of drug-likeness (QED) is 0.433. The summed E-state index contributed by atoms with van der Waals surface area (Å²) in [7, 11) is 0. The molecule has 0 bridgehead atoms. The second-order valence-corrected chi connectivity index (χ2v) is 4.05. The zero-order valence-corrected chi connectivity index (χ0v) is 15.5. The van der Waals surface area contributed by atoms with Crippen LogP contribution in [0.4, 0.5) is 0 Å². The van der Waals surface area contributed by atoms with Crippen LogP contribution in [0.3, 0.4) is 0 Å². The summed E-state index contributed by atoms with van der Waals surface area (Å²) in [5.41, 5.74) is 0. The van der Waals surface area contributed by atoms with Gasteiger partial charge in [0.2, 0.25) is 0 Å². The van der Waals surface area contributed by atoms with Gasteiger partial charge in [-0.05, 0) is 0 Å². The van der Waals surface area contributed by atoms with Crippen molar-refractivity contribution in [1.82, 2.24) is 0 Å². The molecule has 0 unspecified atom stereocenters. The Morgan fingerprint density at radius 3 is 1.06 bits per heavy atom. The van der Waals surface area contributed by atoms with E-state index in [4.69, 9.17) is 6.15 Å². The molecular formula is C8H20O6Sn2. The molecule has 2 N–H and O–H groups in total. The largest absolute Gasteiger partial charge is 2.00 e. The first-order chi connectivity index (χ1) is 5.83. The molecule has 0 fully saturated rings. The van der Waals surface area contributed by atoms with E-state index in [1.807, 2.05) is 0 Å². The Morgan fingerprint density at radius 1 is 0.750 bits per heavy atom. The minimum atomic E-state index is 0. The van der Waals surface area contributed by atoms with Gasteiger partial charge in [-0.25, -0.2) is 0 Å². The van der Waals surface area contributed by atoms with Crippen molar-refractivity contribution in [3.8, 4) is 0 Å². The van der Waals surface area contributed by atoms with E-state index in [0.29, 0.717) is 0 Å². The summed E-state index contributed by atoms with van der Waals surface area (Å²) in [6, 6.07) is 0. The van der Waals surface area contributed by atoms with Crippen LogP contribution in [0.5, 0.6) is 0 Å². The van der Waals surface area contributed by atoms with Crippen LogP contribution in [-0.4, -0.2) is 64.6 Å². The average molecular weight is 450 g/mol. The fourth-order valence-corrected chi connectivity index (χ4v) is 1.26. The first kappa shape index (κ1) is 36.0. The molecule has 0 radical (unpaired) electrons. The van der Waals surface area contributed by atoms with Gasteiger partial charge >= 0.3 is 105 Å². The molecule has 0 spiro atoms. The van der Waals surface area contributed by atoms with Crippen LogP contribution in [0.25, 0.3) is 0 Å². The Labute approximate surface area is 126 Å². The van der Waals surface area contributed by atoms with Gasteiger partial charge < -0.3 is 21.9 Å². The summed E-state index contributed by atoms with van der Waals surface area (Å²) < 4.78 is 9.74. The van der Waals surface area contributed by atoms with Crippen molar-refractivity contribution in [1.29, 1.82) is 0 Å². The van der Waals surface area contributed by atoms with E-state index in [2.05, 4.69) is 13.8 Å². The predicted octanol–water partition coefficient (Wildman–Crippen LogP) is 0.592. The van der Waals surface area contributed by atoms with Gasteiger partial charge in [-0.2, -0.15) is 0 Å². The van der Waals surface area contributed by atoms with Crippen LogP contribution in [0.1, 0.15) is 39.5 Å². The van der Waals surface area contributed by atoms with Crippen LogP contribution in [0.15, 0.2) is 0 Å². The average Bonchev–Trinajstić information content (AvgIpc) is 2.12. The molecule has 0 saturated heterocycles. The van der Waals surface area contributed by atoms with E-state index < -0.39 is 0 Å². The summed E-state index contributed by atoms with van der Waals surface area (Å²) in [6.45, 7) is 6.23. The molecule has 0 aromatic carbocycles. The van der Waals surface area contributed by atoms with Crippen LogP contribution in [0, 0.1) is 0 Å². The Kier molecular flexibility index (Phi) is 99.1. The van der Waals surface area contributed by atoms with Crippen molar-refractivity contribution in [3.05, 3.63) is 0 Å². The van der Waals surface area contributed by atoms with E-state index in [1.54, 1.807) is 0 Å². The molecule has 0 rings (SSSR count). The molecule has 96 valence electrons. The van der Waals surface area contributed by atoms with E-state index in [9.17, 15) is 0 Å². The molecule has 0 aliphatic heterocycles. The van der Waals surface area contributed by atoms with Gasteiger partial charge in [0.15, 0.2) is 0 Å². The maximum atomic E-state index is 4.87. The molecular weight excluding hydrogens is 430 g/mol. The number of hydrogen-bond donors (Lipinski definition) is 0. The summed E-state index contributed by atoms with van der Waals surface area (Å²) in [5.74, 6) is 0. The van der Waals surface area contributed by atoms with Crippen LogP contribution >= 0.6 is 0 Å². The maximum absolute atomic E-state index is 4.87. The first-order valence-electron chi connectivity index (χ1n) is 4.40. The zero-order chi connectivity index (χ0) is 9.66. The zero-order valence-electron chi connectivity index (χ0n) is 9.78. The van der Waals surface area contributed by atoms with Crippen molar-refractivity contribution < 1.29 is 28.1 Å². The molecule has 0 atom stereocenters. The number of unbranched alkanes of at least 4 members (excludes halogenated alkanes) is 2. The molecule has 0 aromatic rings. The molecule has 0 aliphatic carbocycles. The minimum absolute atomic E-state index is 0. The molecule has 0 aliphatic rings. The number of rotatable bonds is 6. The summed E-state index contributed by atoms with van der Waals surface area (Å²) in [5, 5.41) is 0. The van der Waals surface area contributed by atoms with Gasteiger partial charge in [-0.3, -0.25) is 0 Å². The second-order valence-electron chi connectivity index (χ2n) is 2.40. The van der Waals surface area contributed by atoms with Crippen LogP contribution in [0.2, 0.25) is 0 Å². The van der Waals surface area contributed by atoms with Crippen LogP contribution in [-0.2, 0) is 22.6 Å². The van der Waals surface area contributed by atoms with Gasteiger partial charge in [0.25, 0.3) is 0 Å². The maximum Gasteiger partial charge on any atom is -0.412 e. The topological polar surface area (TPSA) is 135 Å². The summed E-state index contributed by atoms with van der Waals surface area (Å²) >= 11 is 2.39. The molecule has 16 heavy (non-hydrogen) atoms. The van der Waals surface area contributed by atoms with Crippen molar-refractivity contribution in [2.45, 2.75) is 39.5 Å². The van der Waals surface area contributed by atoms with Crippen LogP contribution < -0.4 is 0 Å². The van der Waals surface area contributed by atoms with Gasteiger partial charge in [-0.1, -0.05) is 0 Å². The minimum Gasteiger partial charge on any atom is -2.00 e. The second kappa shape index (κ2) is 44.1. The SMILES string of the molecule is CCCC[O][Sn+3].CCCC[O][Sn+3].O.[O-2].[O-2].[O-2]. The van der Waals surface area contributed by atoms with Gasteiger partial charge in [-0.15, -0.1) is 0 Å². The monoisotopic (exact) mass is 452 g/mol. The Morgan fingerprint density at radius 2 is 1.00 bits per heavy atom. The summed E-state index contributed by atoms with van der Waals surface area (Å²) in [4.78, 5) is 0. The Hall–Kier alpha value is 1.36. The normalized spacial score (nSPS) is 6.88. The Balaban J connectivity index is -0.0000000250. The van der Waals surface area contributed by atoms with E-state index in [-0.39, 0.29) is 21.9 Å². The van der Waals surface area contributed by atoms with Crippen molar-refractivity contribution in [2.24, 2.45) is 0 Å². The molecule has 8 heteroatoms. The van der Waals surface area contributed by atoms with Crippen molar-refractivity contribution >= 4 is 45.9 Å².